The van der Waals surface area contributed by atoms with E-state index in [0.29, 0.717) is 5.92 Å². The average Bonchev–Trinajstić information content (AvgIpc) is 2.46. The van der Waals surface area contributed by atoms with E-state index in [0.717, 1.165) is 6.42 Å². The van der Waals surface area contributed by atoms with E-state index >= 15 is 0 Å². The van der Waals surface area contributed by atoms with Gasteiger partial charge < -0.3 is 10.3 Å². The molecule has 19 heavy (non-hydrogen) atoms. The van der Waals surface area contributed by atoms with Crippen LogP contribution in [0.1, 0.15) is 37.8 Å². The molecular weight excluding hydrogens is 232 g/mol. The zero-order chi connectivity index (χ0) is 13.8. The summed E-state index contributed by atoms with van der Waals surface area (Å²) in [6.45, 7) is 6.63. The number of aryl methyl sites for hydroxylation is 1. The van der Waals surface area contributed by atoms with E-state index in [1.165, 1.54) is 23.0 Å². The highest BCUT2D eigenvalue weighted by atomic mass is 15.2. The Kier molecular flexibility index (Phi) is 4.20. The molecule has 0 saturated carbocycles. The third kappa shape index (κ3) is 2.62. The predicted molar refractivity (Wildman–Crippen MR) is 83.2 cm³/mol. The van der Waals surface area contributed by atoms with E-state index in [1.807, 2.05) is 12.2 Å². The van der Waals surface area contributed by atoms with E-state index < -0.39 is 0 Å². The van der Waals surface area contributed by atoms with Crippen LogP contribution in [0, 0.1) is 5.41 Å². The zero-order valence-electron chi connectivity index (χ0n) is 11.9. The van der Waals surface area contributed by atoms with Gasteiger partial charge in [-0.05, 0) is 29.5 Å². The minimum Gasteiger partial charge on any atom is -0.336 e. The van der Waals surface area contributed by atoms with Crippen LogP contribution in [0.5, 0.6) is 0 Å². The van der Waals surface area contributed by atoms with Crippen LogP contribution in [-0.4, -0.2) is 12.3 Å². The summed E-state index contributed by atoms with van der Waals surface area (Å²) in [6.07, 6.45) is 10.7. The molecular formula is C17H22N2. The van der Waals surface area contributed by atoms with Crippen LogP contribution >= 0.6 is 0 Å². The van der Waals surface area contributed by atoms with Crippen LogP contribution < -0.4 is 4.90 Å². The maximum absolute atomic E-state index is 7.63. The van der Waals surface area contributed by atoms with Gasteiger partial charge in [0.1, 0.15) is 0 Å². The van der Waals surface area contributed by atoms with Gasteiger partial charge in [0.25, 0.3) is 0 Å². The predicted octanol–water partition coefficient (Wildman–Crippen LogP) is 4.28. The Labute approximate surface area is 116 Å². The first-order valence-corrected chi connectivity index (χ1v) is 6.94. The Morgan fingerprint density at radius 3 is 2.74 bits per heavy atom. The third-order valence-electron chi connectivity index (χ3n) is 3.57. The van der Waals surface area contributed by atoms with Crippen molar-refractivity contribution in [1.82, 2.24) is 0 Å². The molecule has 1 N–H and O–H groups in total. The fourth-order valence-electron chi connectivity index (χ4n) is 2.55. The molecule has 0 fully saturated rings. The van der Waals surface area contributed by atoms with Gasteiger partial charge in [0.15, 0.2) is 0 Å². The van der Waals surface area contributed by atoms with Crippen LogP contribution in [0.25, 0.3) is 0 Å². The van der Waals surface area contributed by atoms with Crippen LogP contribution in [0.3, 0.4) is 0 Å². The molecule has 0 bridgehead atoms. The summed E-state index contributed by atoms with van der Waals surface area (Å²) < 4.78 is 0. The summed E-state index contributed by atoms with van der Waals surface area (Å²) in [5, 5.41) is 7.63. The first-order chi connectivity index (χ1) is 9.19. The second kappa shape index (κ2) is 5.87. The van der Waals surface area contributed by atoms with Crippen molar-refractivity contribution >= 4 is 11.9 Å². The van der Waals surface area contributed by atoms with Gasteiger partial charge >= 0.3 is 0 Å². The average molecular weight is 254 g/mol. The second-order valence-corrected chi connectivity index (χ2v) is 5.15. The van der Waals surface area contributed by atoms with Crippen LogP contribution in [0.4, 0.5) is 5.69 Å². The highest BCUT2D eigenvalue weighted by Crippen LogP contribution is 2.33. The van der Waals surface area contributed by atoms with Crippen LogP contribution in [0.2, 0.25) is 0 Å². The van der Waals surface area contributed by atoms with Crippen molar-refractivity contribution in [2.75, 3.05) is 4.90 Å². The molecule has 1 aromatic carbocycles. The molecule has 100 valence electrons. The van der Waals surface area contributed by atoms with E-state index in [9.17, 15) is 0 Å². The molecule has 2 rings (SSSR count). The number of hydrogen-bond acceptors (Lipinski definition) is 2. The number of nitrogens with one attached hydrogen (secondary N) is 1. The summed E-state index contributed by atoms with van der Waals surface area (Å²) in [6, 6.07) is 6.55. The largest absolute Gasteiger partial charge is 0.336 e. The van der Waals surface area contributed by atoms with Crippen molar-refractivity contribution in [3.8, 4) is 0 Å². The van der Waals surface area contributed by atoms with E-state index in [4.69, 9.17) is 5.41 Å². The fraction of sp³-hybridized carbons (Fsp3) is 0.353. The van der Waals surface area contributed by atoms with Crippen molar-refractivity contribution in [3.63, 3.8) is 0 Å². The number of nitrogens with zero attached hydrogens (tertiary/aromatic N) is 1. The van der Waals surface area contributed by atoms with Crippen LogP contribution in [-0.2, 0) is 6.42 Å². The van der Waals surface area contributed by atoms with E-state index in [-0.39, 0.29) is 6.04 Å². The number of hydrogen-bond donors (Lipinski definition) is 1. The molecule has 1 aromatic rings. The Morgan fingerprint density at radius 2 is 2.11 bits per heavy atom. The summed E-state index contributed by atoms with van der Waals surface area (Å²) in [7, 11) is 0. The molecule has 2 heteroatoms. The van der Waals surface area contributed by atoms with Gasteiger partial charge in [-0.1, -0.05) is 51.1 Å². The molecule has 1 unspecified atom stereocenters. The number of anilines is 1. The standard InChI is InChI=1S/C17H22N2/c1-4-14-8-7-10-16(13(2)3)17(14)19-11-6-5-9-15(19)12-18/h5-13,15,18H,4H2,1-3H3. The molecule has 0 radical (unpaired) electrons. The summed E-state index contributed by atoms with van der Waals surface area (Å²) in [5.74, 6) is 0.479. The topological polar surface area (TPSA) is 27.1 Å². The van der Waals surface area contributed by atoms with Gasteiger partial charge in [-0.15, -0.1) is 0 Å². The van der Waals surface area contributed by atoms with Crippen LogP contribution in [0.15, 0.2) is 42.6 Å². The van der Waals surface area contributed by atoms with Crippen molar-refractivity contribution in [2.45, 2.75) is 39.2 Å². The lowest BCUT2D eigenvalue weighted by atomic mass is 9.94. The Bertz CT molecular complexity index is 512. The molecule has 1 atom stereocenters. The molecule has 2 nitrogen and oxygen atoms in total. The molecule has 0 spiro atoms. The van der Waals surface area contributed by atoms with Gasteiger partial charge in [-0.3, -0.25) is 0 Å². The van der Waals surface area contributed by atoms with Gasteiger partial charge in [-0.2, -0.15) is 0 Å². The molecule has 1 aliphatic heterocycles. The highest BCUT2D eigenvalue weighted by Gasteiger charge is 2.20. The van der Waals surface area contributed by atoms with Crippen molar-refractivity contribution < 1.29 is 0 Å². The number of para-hydroxylation sites is 1. The van der Waals surface area contributed by atoms with Gasteiger partial charge in [0.2, 0.25) is 0 Å². The summed E-state index contributed by atoms with van der Waals surface area (Å²) >= 11 is 0. The quantitative estimate of drug-likeness (QED) is 0.798. The number of rotatable bonds is 4. The lowest BCUT2D eigenvalue weighted by Crippen LogP contribution is -2.33. The molecule has 0 amide bonds. The lowest BCUT2D eigenvalue weighted by molar-refractivity contribution is 0.841. The molecule has 1 heterocycles. The maximum atomic E-state index is 7.63. The Morgan fingerprint density at radius 1 is 1.32 bits per heavy atom. The summed E-state index contributed by atoms with van der Waals surface area (Å²) in [5.41, 5.74) is 3.97. The summed E-state index contributed by atoms with van der Waals surface area (Å²) in [4.78, 5) is 2.21. The van der Waals surface area contributed by atoms with Crippen molar-refractivity contribution in [1.29, 1.82) is 5.41 Å². The lowest BCUT2D eigenvalue weighted by Gasteiger charge is -2.32. The molecule has 0 aromatic heterocycles. The maximum Gasteiger partial charge on any atom is 0.0867 e. The smallest absolute Gasteiger partial charge is 0.0867 e. The molecule has 1 aliphatic rings. The monoisotopic (exact) mass is 254 g/mol. The van der Waals surface area contributed by atoms with Crippen molar-refractivity contribution in [3.05, 3.63) is 53.8 Å². The third-order valence-corrected chi connectivity index (χ3v) is 3.57. The normalized spacial score (nSPS) is 18.1. The SMILES string of the molecule is CCc1cccc(C(C)C)c1N1C=CC=CC1C=N. The van der Waals surface area contributed by atoms with E-state index in [2.05, 4.69) is 56.1 Å². The first kappa shape index (κ1) is 13.6. The van der Waals surface area contributed by atoms with Gasteiger partial charge in [0, 0.05) is 18.1 Å². The number of benzene rings is 1. The van der Waals surface area contributed by atoms with Gasteiger partial charge in [0.05, 0.1) is 6.04 Å². The number of allylic oxidation sites excluding steroid dienone is 2. The van der Waals surface area contributed by atoms with Gasteiger partial charge in [-0.25, -0.2) is 0 Å². The highest BCUT2D eigenvalue weighted by molar-refractivity contribution is 5.76. The zero-order valence-corrected chi connectivity index (χ0v) is 11.9. The first-order valence-electron chi connectivity index (χ1n) is 6.94. The molecule has 0 saturated heterocycles. The Hall–Kier alpha value is -1.83. The Balaban J connectivity index is 2.56. The van der Waals surface area contributed by atoms with E-state index in [1.54, 1.807) is 0 Å². The minimum atomic E-state index is 0.0233. The minimum absolute atomic E-state index is 0.0233. The van der Waals surface area contributed by atoms with Crippen molar-refractivity contribution in [2.24, 2.45) is 0 Å². The fourth-order valence-corrected chi connectivity index (χ4v) is 2.55. The molecule has 0 aliphatic carbocycles. The second-order valence-electron chi connectivity index (χ2n) is 5.15.